The molecule has 1 aliphatic heterocycles. The van der Waals surface area contributed by atoms with Crippen LogP contribution in [-0.4, -0.2) is 29.6 Å². The van der Waals surface area contributed by atoms with Gasteiger partial charge in [0.2, 0.25) is 0 Å². The molecule has 1 aromatic heterocycles. The molecule has 1 saturated heterocycles. The third-order valence-corrected chi connectivity index (χ3v) is 3.10. The number of imide groups is 1. The summed E-state index contributed by atoms with van der Waals surface area (Å²) in [5, 5.41) is 2.30. The van der Waals surface area contributed by atoms with Crippen LogP contribution in [0.15, 0.2) is 54.9 Å². The van der Waals surface area contributed by atoms with Crippen LogP contribution in [0.2, 0.25) is 0 Å². The zero-order valence-electron chi connectivity index (χ0n) is 11.1. The van der Waals surface area contributed by atoms with Crippen LogP contribution in [-0.2, 0) is 4.79 Å². The minimum absolute atomic E-state index is 0.156. The number of para-hydroxylation sites is 1. The van der Waals surface area contributed by atoms with Crippen LogP contribution >= 0.6 is 0 Å². The molecule has 0 radical (unpaired) electrons. The van der Waals surface area contributed by atoms with E-state index in [1.54, 1.807) is 30.5 Å². The van der Waals surface area contributed by atoms with Gasteiger partial charge in [0.1, 0.15) is 5.75 Å². The molecule has 2 heterocycles. The molecule has 1 unspecified atom stereocenters. The fraction of sp³-hybridized carbons (Fsp3) is 0.133. The first-order chi connectivity index (χ1) is 10.2. The van der Waals surface area contributed by atoms with E-state index in [4.69, 9.17) is 4.74 Å². The summed E-state index contributed by atoms with van der Waals surface area (Å²) in [6.45, 7) is 0.156. The Kier molecular flexibility index (Phi) is 3.51. The zero-order chi connectivity index (χ0) is 14.7. The van der Waals surface area contributed by atoms with Crippen molar-refractivity contribution in [2.75, 3.05) is 11.4 Å². The third-order valence-electron chi connectivity index (χ3n) is 3.10. The zero-order valence-corrected chi connectivity index (χ0v) is 11.1. The number of nitrogens with zero attached hydrogens (tertiary/aromatic N) is 2. The van der Waals surface area contributed by atoms with E-state index >= 15 is 0 Å². The van der Waals surface area contributed by atoms with Crippen LogP contribution in [0.25, 0.3) is 0 Å². The maximum absolute atomic E-state index is 11.9. The Morgan fingerprint density at radius 3 is 2.67 bits per heavy atom. The fourth-order valence-electron chi connectivity index (χ4n) is 2.09. The number of amides is 3. The first kappa shape index (κ1) is 13.1. The van der Waals surface area contributed by atoms with Gasteiger partial charge < -0.3 is 4.74 Å². The van der Waals surface area contributed by atoms with Gasteiger partial charge in [0.15, 0.2) is 6.10 Å². The van der Waals surface area contributed by atoms with Crippen molar-refractivity contribution < 1.29 is 14.3 Å². The van der Waals surface area contributed by atoms with E-state index in [0.717, 1.165) is 0 Å². The largest absolute Gasteiger partial charge is 0.477 e. The highest BCUT2D eigenvalue weighted by atomic mass is 16.5. The minimum atomic E-state index is -0.771. The Balaban J connectivity index is 1.79. The van der Waals surface area contributed by atoms with Crippen molar-refractivity contribution in [3.8, 4) is 5.75 Å². The molecule has 1 N–H and O–H groups in total. The van der Waals surface area contributed by atoms with Crippen molar-refractivity contribution in [2.45, 2.75) is 6.10 Å². The topological polar surface area (TPSA) is 71.5 Å². The highest BCUT2D eigenvalue weighted by molar-refractivity contribution is 6.07. The number of benzene rings is 1. The molecule has 6 heteroatoms. The Labute approximate surface area is 121 Å². The molecule has 0 bridgehead atoms. The van der Waals surface area contributed by atoms with Crippen molar-refractivity contribution in [2.24, 2.45) is 0 Å². The maximum atomic E-state index is 11.9. The molecule has 21 heavy (non-hydrogen) atoms. The number of hydrogen-bond acceptors (Lipinski definition) is 4. The average molecular weight is 283 g/mol. The molecule has 0 spiro atoms. The molecule has 0 saturated carbocycles. The van der Waals surface area contributed by atoms with E-state index in [2.05, 4.69) is 10.3 Å². The molecule has 0 aliphatic carbocycles. The molecule has 3 amide bonds. The van der Waals surface area contributed by atoms with E-state index in [9.17, 15) is 9.59 Å². The third kappa shape index (κ3) is 2.84. The van der Waals surface area contributed by atoms with Crippen molar-refractivity contribution >= 4 is 17.6 Å². The molecule has 6 nitrogen and oxygen atoms in total. The molecule has 1 aromatic carbocycles. The van der Waals surface area contributed by atoms with Gasteiger partial charge in [-0.05, 0) is 24.3 Å². The van der Waals surface area contributed by atoms with Crippen molar-refractivity contribution in [3.05, 3.63) is 54.9 Å². The number of pyridine rings is 1. The molecule has 2 aromatic rings. The fourth-order valence-corrected chi connectivity index (χ4v) is 2.09. The lowest BCUT2D eigenvalue weighted by molar-refractivity contribution is -0.127. The number of urea groups is 1. The summed E-state index contributed by atoms with van der Waals surface area (Å²) in [7, 11) is 0. The van der Waals surface area contributed by atoms with Gasteiger partial charge in [-0.25, -0.2) is 4.79 Å². The second-order valence-corrected chi connectivity index (χ2v) is 4.54. The van der Waals surface area contributed by atoms with Crippen LogP contribution in [0.3, 0.4) is 0 Å². The second-order valence-electron chi connectivity index (χ2n) is 4.54. The van der Waals surface area contributed by atoms with Gasteiger partial charge in [-0.1, -0.05) is 18.2 Å². The molecule has 1 fully saturated rings. The number of anilines is 1. The smallest absolute Gasteiger partial charge is 0.328 e. The monoisotopic (exact) mass is 283 g/mol. The lowest BCUT2D eigenvalue weighted by atomic mass is 10.2. The number of aromatic nitrogens is 1. The van der Waals surface area contributed by atoms with Crippen LogP contribution in [0.4, 0.5) is 10.5 Å². The van der Waals surface area contributed by atoms with Gasteiger partial charge >= 0.3 is 6.03 Å². The highest BCUT2D eigenvalue weighted by Gasteiger charge is 2.34. The number of rotatable bonds is 3. The molecular formula is C15H13N3O3. The Hall–Kier alpha value is -2.89. The first-order valence-corrected chi connectivity index (χ1v) is 6.48. The number of carbonyl (C=O) groups is 2. The molecular weight excluding hydrogens is 270 g/mol. The first-order valence-electron chi connectivity index (χ1n) is 6.48. The maximum Gasteiger partial charge on any atom is 0.328 e. The van der Waals surface area contributed by atoms with E-state index in [1.165, 1.54) is 11.1 Å². The van der Waals surface area contributed by atoms with E-state index in [1.807, 2.05) is 18.2 Å². The van der Waals surface area contributed by atoms with Crippen LogP contribution < -0.4 is 15.0 Å². The predicted molar refractivity (Wildman–Crippen MR) is 76.0 cm³/mol. The number of nitrogens with one attached hydrogen (secondary N) is 1. The van der Waals surface area contributed by atoms with Gasteiger partial charge in [-0.3, -0.25) is 20.0 Å². The molecule has 1 atom stereocenters. The van der Waals surface area contributed by atoms with Crippen molar-refractivity contribution in [3.63, 3.8) is 0 Å². The minimum Gasteiger partial charge on any atom is -0.477 e. The summed E-state index contributed by atoms with van der Waals surface area (Å²) in [5.41, 5.74) is 0.710. The summed E-state index contributed by atoms with van der Waals surface area (Å²) in [6, 6.07) is 12.1. The Bertz CT molecular complexity index is 646. The summed E-state index contributed by atoms with van der Waals surface area (Å²) in [4.78, 5) is 29.2. The Morgan fingerprint density at radius 1 is 1.14 bits per heavy atom. The van der Waals surface area contributed by atoms with E-state index in [-0.39, 0.29) is 6.54 Å². The standard InChI is InChI=1S/C15H13N3O3/c19-14-13(21-12-7-4-8-16-9-12)10-18(15(20)17-14)11-5-2-1-3-6-11/h1-9,13H,10H2,(H,17,19,20). The van der Waals surface area contributed by atoms with Gasteiger partial charge in [0, 0.05) is 11.9 Å². The van der Waals surface area contributed by atoms with E-state index < -0.39 is 18.0 Å². The van der Waals surface area contributed by atoms with Crippen LogP contribution in [0.5, 0.6) is 5.75 Å². The van der Waals surface area contributed by atoms with Gasteiger partial charge in [0.25, 0.3) is 5.91 Å². The van der Waals surface area contributed by atoms with Crippen LogP contribution in [0.1, 0.15) is 0 Å². The summed E-state index contributed by atoms with van der Waals surface area (Å²) in [6.07, 6.45) is 2.37. The van der Waals surface area contributed by atoms with Crippen molar-refractivity contribution in [1.82, 2.24) is 10.3 Å². The van der Waals surface area contributed by atoms with Gasteiger partial charge in [0.05, 0.1) is 12.7 Å². The highest BCUT2D eigenvalue weighted by Crippen LogP contribution is 2.19. The second kappa shape index (κ2) is 5.62. The van der Waals surface area contributed by atoms with E-state index in [0.29, 0.717) is 11.4 Å². The van der Waals surface area contributed by atoms with Gasteiger partial charge in [-0.15, -0.1) is 0 Å². The lowest BCUT2D eigenvalue weighted by Gasteiger charge is -2.31. The van der Waals surface area contributed by atoms with Gasteiger partial charge in [-0.2, -0.15) is 0 Å². The number of ether oxygens (including phenoxy) is 1. The normalized spacial score (nSPS) is 18.3. The number of carbonyl (C=O) groups excluding carboxylic acids is 2. The summed E-state index contributed by atoms with van der Waals surface area (Å²) in [5.74, 6) is 0.0380. The lowest BCUT2D eigenvalue weighted by Crippen LogP contribution is -2.59. The molecule has 1 aliphatic rings. The molecule has 3 rings (SSSR count). The molecule has 106 valence electrons. The quantitative estimate of drug-likeness (QED) is 0.928. The van der Waals surface area contributed by atoms with Crippen molar-refractivity contribution in [1.29, 1.82) is 0 Å². The summed E-state index contributed by atoms with van der Waals surface area (Å²) >= 11 is 0. The SMILES string of the molecule is O=C1NC(=O)N(c2ccccc2)CC1Oc1cccnc1. The Morgan fingerprint density at radius 2 is 1.95 bits per heavy atom. The van der Waals surface area contributed by atoms with Crippen LogP contribution in [0, 0.1) is 0 Å². The summed E-state index contributed by atoms with van der Waals surface area (Å²) < 4.78 is 5.60. The number of hydrogen-bond donors (Lipinski definition) is 1. The predicted octanol–water partition coefficient (Wildman–Crippen LogP) is 1.59. The average Bonchev–Trinajstić information content (AvgIpc) is 2.52.